The monoisotopic (exact) mass is 261 g/mol. The van der Waals surface area contributed by atoms with Gasteiger partial charge in [-0.1, -0.05) is 66.0 Å². The van der Waals surface area contributed by atoms with Gasteiger partial charge in [0, 0.05) is 16.7 Å². The minimum atomic E-state index is 0.397. The molecule has 20 heavy (non-hydrogen) atoms. The molecule has 0 aliphatic heterocycles. The number of hydrogen-bond donors (Lipinski definition) is 0. The molecule has 0 unspecified atom stereocenters. The van der Waals surface area contributed by atoms with Gasteiger partial charge in [0.2, 0.25) is 0 Å². The summed E-state index contributed by atoms with van der Waals surface area (Å²) in [6.07, 6.45) is 3.32. The fourth-order valence-electron chi connectivity index (χ4n) is 1.57. The van der Waals surface area contributed by atoms with E-state index < -0.39 is 0 Å². The lowest BCUT2D eigenvalue weighted by Gasteiger charge is -1.97. The molecule has 0 saturated carbocycles. The van der Waals surface area contributed by atoms with Gasteiger partial charge in [-0.15, -0.1) is 0 Å². The summed E-state index contributed by atoms with van der Waals surface area (Å²) in [5, 5.41) is 3.88. The minimum Gasteiger partial charge on any atom is -0.392 e. The molecule has 2 rings (SSSR count). The van der Waals surface area contributed by atoms with Crippen molar-refractivity contribution in [3.63, 3.8) is 0 Å². The van der Waals surface area contributed by atoms with Gasteiger partial charge >= 0.3 is 0 Å². The van der Waals surface area contributed by atoms with E-state index in [9.17, 15) is 0 Å². The van der Waals surface area contributed by atoms with Crippen LogP contribution in [0.4, 0.5) is 0 Å². The molecule has 0 N–H and O–H groups in total. The maximum absolute atomic E-state index is 5.01. The molecular formula is C18H15NO. The lowest BCUT2D eigenvalue weighted by molar-refractivity contribution is 0.176. The molecule has 2 aromatic rings. The Labute approximate surface area is 119 Å². The van der Waals surface area contributed by atoms with Crippen molar-refractivity contribution in [1.82, 2.24) is 0 Å². The second kappa shape index (κ2) is 7.60. The van der Waals surface area contributed by atoms with E-state index in [2.05, 4.69) is 23.6 Å². The van der Waals surface area contributed by atoms with E-state index in [0.717, 1.165) is 16.7 Å². The van der Waals surface area contributed by atoms with E-state index in [0.29, 0.717) is 6.61 Å². The molecule has 0 spiro atoms. The van der Waals surface area contributed by atoms with Crippen LogP contribution in [-0.4, -0.2) is 12.8 Å². The fraction of sp³-hybridized carbons (Fsp3) is 0.0556. The van der Waals surface area contributed by atoms with Crippen molar-refractivity contribution in [1.29, 1.82) is 0 Å². The molecule has 0 amide bonds. The zero-order valence-electron chi connectivity index (χ0n) is 11.1. The molecule has 0 heterocycles. The topological polar surface area (TPSA) is 21.6 Å². The third kappa shape index (κ3) is 4.15. The van der Waals surface area contributed by atoms with Crippen LogP contribution in [0.1, 0.15) is 16.7 Å². The summed E-state index contributed by atoms with van der Waals surface area (Å²) in [7, 11) is 0. The number of rotatable bonds is 4. The Balaban J connectivity index is 2.18. The molecule has 0 saturated heterocycles. The van der Waals surface area contributed by atoms with Crippen LogP contribution in [0, 0.1) is 11.8 Å². The molecule has 0 aromatic heterocycles. The van der Waals surface area contributed by atoms with Gasteiger partial charge in [0.05, 0.1) is 6.21 Å². The second-order valence-corrected chi connectivity index (χ2v) is 4.02. The molecule has 0 fully saturated rings. The molecule has 0 bridgehead atoms. The summed E-state index contributed by atoms with van der Waals surface area (Å²) in [6, 6.07) is 17.7. The maximum Gasteiger partial charge on any atom is 0.135 e. The van der Waals surface area contributed by atoms with Gasteiger partial charge in [0.1, 0.15) is 6.61 Å². The maximum atomic E-state index is 5.01. The molecule has 0 aliphatic rings. The number of hydrogen-bond acceptors (Lipinski definition) is 2. The molecular weight excluding hydrogens is 246 g/mol. The van der Waals surface area contributed by atoms with E-state index in [4.69, 9.17) is 4.84 Å². The van der Waals surface area contributed by atoms with Gasteiger partial charge in [-0.2, -0.15) is 0 Å². The normalized spacial score (nSPS) is 9.80. The molecule has 2 heteroatoms. The van der Waals surface area contributed by atoms with Crippen LogP contribution >= 0.6 is 0 Å². The van der Waals surface area contributed by atoms with Gasteiger partial charge in [-0.05, 0) is 18.2 Å². The van der Waals surface area contributed by atoms with Crippen molar-refractivity contribution >= 4 is 6.21 Å². The van der Waals surface area contributed by atoms with E-state index in [-0.39, 0.29) is 0 Å². The lowest BCUT2D eigenvalue weighted by atomic mass is 10.1. The zero-order valence-corrected chi connectivity index (χ0v) is 11.1. The highest BCUT2D eigenvalue weighted by Gasteiger charge is 1.95. The Hall–Kier alpha value is -2.79. The smallest absolute Gasteiger partial charge is 0.135 e. The molecule has 0 aliphatic carbocycles. The van der Waals surface area contributed by atoms with Crippen LogP contribution in [0.3, 0.4) is 0 Å². The van der Waals surface area contributed by atoms with Crippen LogP contribution in [0.5, 0.6) is 0 Å². The van der Waals surface area contributed by atoms with Crippen molar-refractivity contribution in [2.45, 2.75) is 0 Å². The summed E-state index contributed by atoms with van der Waals surface area (Å²) < 4.78 is 0. The Morgan fingerprint density at radius 3 is 2.55 bits per heavy atom. The molecule has 98 valence electrons. The predicted octanol–water partition coefficient (Wildman–Crippen LogP) is 3.62. The molecule has 2 nitrogen and oxygen atoms in total. The number of benzene rings is 2. The summed E-state index contributed by atoms with van der Waals surface area (Å²) in [5.41, 5.74) is 2.84. The Kier molecular flexibility index (Phi) is 5.18. The fourth-order valence-corrected chi connectivity index (χ4v) is 1.57. The van der Waals surface area contributed by atoms with Gasteiger partial charge in [0.15, 0.2) is 0 Å². The Bertz CT molecular complexity index is 648. The Morgan fingerprint density at radius 2 is 1.75 bits per heavy atom. The summed E-state index contributed by atoms with van der Waals surface area (Å²) in [4.78, 5) is 5.01. The molecule has 2 aromatic carbocycles. The average Bonchev–Trinajstić information content (AvgIpc) is 2.51. The first-order valence-corrected chi connectivity index (χ1v) is 6.32. The van der Waals surface area contributed by atoms with Gasteiger partial charge in [-0.25, -0.2) is 0 Å². The standard InChI is InChI=1S/C18H15NO/c1-2-14-20-19-15-18-11-7-6-10-17(18)13-12-16-8-4-3-5-9-16/h2-11,15H,1,14H2/b19-15+. The minimum absolute atomic E-state index is 0.397. The highest BCUT2D eigenvalue weighted by atomic mass is 16.6. The van der Waals surface area contributed by atoms with Crippen molar-refractivity contribution in [3.8, 4) is 11.8 Å². The highest BCUT2D eigenvalue weighted by Crippen LogP contribution is 2.05. The first-order valence-electron chi connectivity index (χ1n) is 6.32. The molecule has 0 radical (unpaired) electrons. The Morgan fingerprint density at radius 1 is 1.00 bits per heavy atom. The van der Waals surface area contributed by atoms with Crippen molar-refractivity contribution < 1.29 is 4.84 Å². The van der Waals surface area contributed by atoms with Crippen LogP contribution in [0.25, 0.3) is 0 Å². The quantitative estimate of drug-likeness (QED) is 0.271. The van der Waals surface area contributed by atoms with E-state index in [1.807, 2.05) is 54.6 Å². The van der Waals surface area contributed by atoms with Crippen LogP contribution in [-0.2, 0) is 4.84 Å². The van der Waals surface area contributed by atoms with Crippen molar-refractivity contribution in [2.75, 3.05) is 6.61 Å². The number of nitrogens with zero attached hydrogens (tertiary/aromatic N) is 1. The van der Waals surface area contributed by atoms with Gasteiger partial charge in [0.25, 0.3) is 0 Å². The first kappa shape index (κ1) is 13.6. The first-order chi connectivity index (χ1) is 9.90. The van der Waals surface area contributed by atoms with Gasteiger partial charge in [-0.3, -0.25) is 0 Å². The van der Waals surface area contributed by atoms with Gasteiger partial charge < -0.3 is 4.84 Å². The predicted molar refractivity (Wildman–Crippen MR) is 82.6 cm³/mol. The van der Waals surface area contributed by atoms with Crippen molar-refractivity contribution in [2.24, 2.45) is 5.16 Å². The SMILES string of the molecule is C=CCO/N=C/c1ccccc1C#Cc1ccccc1. The molecule has 0 atom stereocenters. The van der Waals surface area contributed by atoms with Crippen LogP contribution < -0.4 is 0 Å². The number of oxime groups is 1. The third-order valence-electron chi connectivity index (χ3n) is 2.53. The lowest BCUT2D eigenvalue weighted by Crippen LogP contribution is -1.89. The second-order valence-electron chi connectivity index (χ2n) is 4.02. The zero-order chi connectivity index (χ0) is 14.0. The largest absolute Gasteiger partial charge is 0.392 e. The average molecular weight is 261 g/mol. The van der Waals surface area contributed by atoms with Crippen LogP contribution in [0.15, 0.2) is 72.4 Å². The van der Waals surface area contributed by atoms with Crippen molar-refractivity contribution in [3.05, 3.63) is 83.9 Å². The summed E-state index contributed by atoms with van der Waals surface area (Å²) in [6.45, 7) is 3.96. The van der Waals surface area contributed by atoms with E-state index in [1.165, 1.54) is 0 Å². The summed E-state index contributed by atoms with van der Waals surface area (Å²) in [5.74, 6) is 6.29. The highest BCUT2D eigenvalue weighted by molar-refractivity contribution is 5.83. The van der Waals surface area contributed by atoms with Crippen LogP contribution in [0.2, 0.25) is 0 Å². The third-order valence-corrected chi connectivity index (χ3v) is 2.53. The van der Waals surface area contributed by atoms with E-state index >= 15 is 0 Å². The summed E-state index contributed by atoms with van der Waals surface area (Å²) >= 11 is 0. The van der Waals surface area contributed by atoms with E-state index in [1.54, 1.807) is 12.3 Å².